The molecule has 7 nitrogen and oxygen atoms in total. The van der Waals surface area contributed by atoms with Crippen molar-refractivity contribution in [3.8, 4) is 0 Å². The number of fused-ring (bicyclic) bond motifs is 1. The fourth-order valence-corrected chi connectivity index (χ4v) is 5.41. The Morgan fingerprint density at radius 3 is 2.87 bits per heavy atom. The van der Waals surface area contributed by atoms with E-state index in [0.717, 1.165) is 48.9 Å². The smallest absolute Gasteiger partial charge is 0.246 e. The molecule has 2 aromatic rings. The van der Waals surface area contributed by atoms with E-state index in [1.54, 1.807) is 23.2 Å². The van der Waals surface area contributed by atoms with Crippen LogP contribution in [0.5, 0.6) is 0 Å². The number of aryl methyl sites for hydroxylation is 1. The van der Waals surface area contributed by atoms with Crippen LogP contribution in [-0.4, -0.2) is 49.5 Å². The molecule has 0 radical (unpaired) electrons. The van der Waals surface area contributed by atoms with Crippen LogP contribution in [0.2, 0.25) is 0 Å². The lowest BCUT2D eigenvalue weighted by atomic mass is 9.91. The number of nitrogens with zero attached hydrogens (tertiary/aromatic N) is 3. The first-order valence-corrected chi connectivity index (χ1v) is 12.3. The van der Waals surface area contributed by atoms with Crippen LogP contribution in [-0.2, 0) is 34.6 Å². The molecule has 0 bridgehead atoms. The number of aromatic nitrogens is 2. The van der Waals surface area contributed by atoms with Crippen LogP contribution in [0.15, 0.2) is 29.7 Å². The molecule has 1 fully saturated rings. The first-order valence-electron chi connectivity index (χ1n) is 10.7. The normalized spacial score (nSPS) is 20.6. The van der Waals surface area contributed by atoms with Crippen molar-refractivity contribution in [2.75, 3.05) is 26.3 Å². The van der Waals surface area contributed by atoms with E-state index in [1.165, 1.54) is 11.5 Å². The van der Waals surface area contributed by atoms with E-state index in [9.17, 15) is 12.8 Å². The van der Waals surface area contributed by atoms with Gasteiger partial charge in [0.05, 0.1) is 18.9 Å². The van der Waals surface area contributed by atoms with Gasteiger partial charge >= 0.3 is 0 Å². The quantitative estimate of drug-likeness (QED) is 0.688. The van der Waals surface area contributed by atoms with Gasteiger partial charge < -0.3 is 4.74 Å². The number of benzene rings is 1. The number of sulfonamides is 1. The molecule has 1 atom stereocenters. The standard InChI is InChI=1S/C22H29FN4O3S/c1-26-22-18(15-17-5-4-7-19(23)16-17)6-2-3-8-20(22)21(24-26)9-14-31(28,29)25-27-10-12-30-13-11-27/h4-5,7,9,14,16,18,25H,2-3,6,8,10-13,15H2,1H3/b14-9+. The van der Waals surface area contributed by atoms with Crippen LogP contribution in [0.3, 0.4) is 0 Å². The molecule has 1 unspecified atom stereocenters. The van der Waals surface area contributed by atoms with E-state index in [0.29, 0.717) is 32.0 Å². The second kappa shape index (κ2) is 9.60. The van der Waals surface area contributed by atoms with Crippen LogP contribution in [0.25, 0.3) is 6.08 Å². The van der Waals surface area contributed by atoms with E-state index in [2.05, 4.69) is 9.93 Å². The third-order valence-electron chi connectivity index (χ3n) is 5.88. The lowest BCUT2D eigenvalue weighted by molar-refractivity contribution is 0.0274. The molecule has 0 amide bonds. The van der Waals surface area contributed by atoms with Crippen molar-refractivity contribution in [2.24, 2.45) is 7.05 Å². The van der Waals surface area contributed by atoms with Crippen molar-refractivity contribution < 1.29 is 17.5 Å². The van der Waals surface area contributed by atoms with Gasteiger partial charge in [0.25, 0.3) is 0 Å². The fraction of sp³-hybridized carbons (Fsp3) is 0.500. The summed E-state index contributed by atoms with van der Waals surface area (Å²) in [4.78, 5) is 2.58. The van der Waals surface area contributed by atoms with E-state index in [-0.39, 0.29) is 11.7 Å². The molecule has 4 rings (SSSR count). The first kappa shape index (κ1) is 22.1. The number of morpholine rings is 1. The molecule has 0 saturated carbocycles. The Morgan fingerprint density at radius 2 is 2.10 bits per heavy atom. The number of nitrogens with one attached hydrogen (secondary N) is 1. The molecule has 0 spiro atoms. The topological polar surface area (TPSA) is 76.5 Å². The molecule has 1 aromatic heterocycles. The number of hydrogen-bond donors (Lipinski definition) is 1. The minimum absolute atomic E-state index is 0.224. The van der Waals surface area contributed by atoms with Crippen molar-refractivity contribution in [3.63, 3.8) is 0 Å². The van der Waals surface area contributed by atoms with E-state index < -0.39 is 10.0 Å². The molecular formula is C22H29FN4O3S. The van der Waals surface area contributed by atoms with Gasteiger partial charge in [-0.05, 0) is 49.5 Å². The highest BCUT2D eigenvalue weighted by molar-refractivity contribution is 7.92. The predicted molar refractivity (Wildman–Crippen MR) is 117 cm³/mol. The summed E-state index contributed by atoms with van der Waals surface area (Å²) in [5.41, 5.74) is 3.88. The van der Waals surface area contributed by atoms with Gasteiger partial charge in [0, 0.05) is 42.7 Å². The van der Waals surface area contributed by atoms with Gasteiger partial charge in [-0.25, -0.2) is 17.8 Å². The predicted octanol–water partition coefficient (Wildman–Crippen LogP) is 2.75. The zero-order valence-corrected chi connectivity index (χ0v) is 18.6. The summed E-state index contributed by atoms with van der Waals surface area (Å²) in [6, 6.07) is 6.74. The average Bonchev–Trinajstić information content (AvgIpc) is 2.90. The number of ether oxygens (including phenoxy) is 1. The summed E-state index contributed by atoms with van der Waals surface area (Å²) in [5, 5.41) is 7.47. The van der Waals surface area contributed by atoms with Gasteiger partial charge in [0.15, 0.2) is 0 Å². The molecular weight excluding hydrogens is 419 g/mol. The Hall–Kier alpha value is -2.07. The second-order valence-corrected chi connectivity index (χ2v) is 9.73. The molecule has 2 heterocycles. The molecule has 31 heavy (non-hydrogen) atoms. The molecule has 1 aliphatic heterocycles. The first-order chi connectivity index (χ1) is 14.9. The Bertz CT molecular complexity index is 1050. The van der Waals surface area contributed by atoms with Crippen molar-refractivity contribution in [3.05, 3.63) is 58.0 Å². The van der Waals surface area contributed by atoms with Gasteiger partial charge in [-0.3, -0.25) is 4.68 Å². The molecule has 1 aliphatic carbocycles. The van der Waals surface area contributed by atoms with Crippen LogP contribution in [0.1, 0.15) is 47.7 Å². The summed E-state index contributed by atoms with van der Waals surface area (Å²) < 4.78 is 45.8. The zero-order chi connectivity index (χ0) is 21.8. The van der Waals surface area contributed by atoms with Gasteiger partial charge in [0.2, 0.25) is 10.0 Å². The Balaban J connectivity index is 1.55. The van der Waals surface area contributed by atoms with Crippen LogP contribution < -0.4 is 4.83 Å². The van der Waals surface area contributed by atoms with Crippen molar-refractivity contribution >= 4 is 16.1 Å². The lowest BCUT2D eigenvalue weighted by Crippen LogP contribution is -2.47. The van der Waals surface area contributed by atoms with Crippen molar-refractivity contribution in [1.82, 2.24) is 19.6 Å². The monoisotopic (exact) mass is 448 g/mol. The molecule has 2 aliphatic rings. The number of hydrazine groups is 1. The SMILES string of the molecule is Cn1nc(/C=C/S(=O)(=O)NN2CCOCC2)c2c1C(Cc1cccc(F)c1)CCCC2. The van der Waals surface area contributed by atoms with Crippen LogP contribution >= 0.6 is 0 Å². The Morgan fingerprint density at radius 1 is 1.29 bits per heavy atom. The lowest BCUT2D eigenvalue weighted by Gasteiger charge is -2.25. The van der Waals surface area contributed by atoms with Crippen LogP contribution in [0.4, 0.5) is 4.39 Å². The third-order valence-corrected chi connectivity index (χ3v) is 6.89. The maximum Gasteiger partial charge on any atom is 0.246 e. The largest absolute Gasteiger partial charge is 0.379 e. The summed E-state index contributed by atoms with van der Waals surface area (Å²) in [7, 11) is -1.72. The fourth-order valence-electron chi connectivity index (χ4n) is 4.50. The van der Waals surface area contributed by atoms with Crippen LogP contribution in [0, 0.1) is 5.82 Å². The van der Waals surface area contributed by atoms with Gasteiger partial charge in [-0.1, -0.05) is 18.6 Å². The van der Waals surface area contributed by atoms with Gasteiger partial charge in [0.1, 0.15) is 5.82 Å². The second-order valence-electron chi connectivity index (χ2n) is 8.19. The highest BCUT2D eigenvalue weighted by atomic mass is 32.2. The van der Waals surface area contributed by atoms with E-state index in [1.807, 2.05) is 17.8 Å². The Labute approximate surface area is 182 Å². The minimum Gasteiger partial charge on any atom is -0.379 e. The Kier molecular flexibility index (Phi) is 6.86. The maximum atomic E-state index is 13.7. The highest BCUT2D eigenvalue weighted by Gasteiger charge is 2.26. The van der Waals surface area contributed by atoms with Gasteiger partial charge in [-0.2, -0.15) is 5.10 Å². The average molecular weight is 449 g/mol. The molecule has 168 valence electrons. The molecule has 1 saturated heterocycles. The summed E-state index contributed by atoms with van der Waals surface area (Å²) >= 11 is 0. The molecule has 1 N–H and O–H groups in total. The van der Waals surface area contributed by atoms with Crippen molar-refractivity contribution in [1.29, 1.82) is 0 Å². The number of halogens is 1. The third kappa shape index (κ3) is 5.60. The minimum atomic E-state index is -3.62. The van der Waals surface area contributed by atoms with E-state index >= 15 is 0 Å². The maximum absolute atomic E-state index is 13.7. The molecule has 9 heteroatoms. The zero-order valence-electron chi connectivity index (χ0n) is 17.8. The summed E-state index contributed by atoms with van der Waals surface area (Å²) in [6.45, 7) is 2.06. The highest BCUT2D eigenvalue weighted by Crippen LogP contribution is 2.35. The van der Waals surface area contributed by atoms with E-state index in [4.69, 9.17) is 4.74 Å². The number of hydrogen-bond acceptors (Lipinski definition) is 5. The summed E-state index contributed by atoms with van der Waals surface area (Å²) in [6.07, 6.45) is 6.30. The van der Waals surface area contributed by atoms with Crippen molar-refractivity contribution in [2.45, 2.75) is 38.0 Å². The van der Waals surface area contributed by atoms with Gasteiger partial charge in [-0.15, -0.1) is 4.83 Å². The summed E-state index contributed by atoms with van der Waals surface area (Å²) in [5.74, 6) is -0.0000180. The molecule has 1 aromatic carbocycles. The number of rotatable bonds is 6.